The standard InChI is InChI=1S/C14H20N8O2/c1-4-6-7-21-12-11(13(23)16-14(21)24)20(5-2)10(15-12)8-22-9(3)17-18-19-22/h4-8H2,1-3H3,(H,16,23,24). The molecule has 24 heavy (non-hydrogen) atoms. The number of aromatic amines is 1. The molecular formula is C14H20N8O2. The lowest BCUT2D eigenvalue weighted by Crippen LogP contribution is -2.31. The van der Waals surface area contributed by atoms with Crippen LogP contribution in [0.3, 0.4) is 0 Å². The quantitative estimate of drug-likeness (QED) is 0.682. The van der Waals surface area contributed by atoms with Crippen LogP contribution in [0.4, 0.5) is 0 Å². The van der Waals surface area contributed by atoms with E-state index in [1.807, 2.05) is 13.8 Å². The lowest BCUT2D eigenvalue weighted by atomic mass is 10.3. The van der Waals surface area contributed by atoms with E-state index >= 15 is 0 Å². The Morgan fingerprint density at radius 3 is 2.58 bits per heavy atom. The first-order chi connectivity index (χ1) is 11.6. The van der Waals surface area contributed by atoms with Crippen molar-refractivity contribution < 1.29 is 0 Å². The number of imidazole rings is 1. The highest BCUT2D eigenvalue weighted by molar-refractivity contribution is 5.71. The molecule has 0 aromatic carbocycles. The molecule has 3 aromatic rings. The van der Waals surface area contributed by atoms with E-state index in [0.29, 0.717) is 42.4 Å². The van der Waals surface area contributed by atoms with Crippen LogP contribution in [0.25, 0.3) is 11.2 Å². The van der Waals surface area contributed by atoms with Crippen molar-refractivity contribution in [2.75, 3.05) is 0 Å². The second kappa shape index (κ2) is 6.38. The molecule has 0 unspecified atom stereocenters. The van der Waals surface area contributed by atoms with Crippen LogP contribution in [0.2, 0.25) is 0 Å². The van der Waals surface area contributed by atoms with Crippen LogP contribution in [0.1, 0.15) is 38.3 Å². The van der Waals surface area contributed by atoms with Crippen molar-refractivity contribution in [1.82, 2.24) is 39.3 Å². The first-order valence-corrected chi connectivity index (χ1v) is 8.01. The molecule has 10 heteroatoms. The topological polar surface area (TPSA) is 116 Å². The number of nitrogens with zero attached hydrogens (tertiary/aromatic N) is 7. The third-order valence-corrected chi connectivity index (χ3v) is 4.02. The molecule has 0 saturated heterocycles. The van der Waals surface area contributed by atoms with Gasteiger partial charge in [-0.15, -0.1) is 5.10 Å². The van der Waals surface area contributed by atoms with E-state index in [1.54, 1.807) is 16.2 Å². The zero-order valence-electron chi connectivity index (χ0n) is 14.0. The van der Waals surface area contributed by atoms with E-state index in [1.165, 1.54) is 4.57 Å². The van der Waals surface area contributed by atoms with Gasteiger partial charge in [-0.3, -0.25) is 14.3 Å². The van der Waals surface area contributed by atoms with Crippen LogP contribution < -0.4 is 11.2 Å². The number of unbranched alkanes of at least 4 members (excludes halogenated alkanes) is 1. The first-order valence-electron chi connectivity index (χ1n) is 8.01. The monoisotopic (exact) mass is 332 g/mol. The van der Waals surface area contributed by atoms with Crippen molar-refractivity contribution >= 4 is 11.2 Å². The summed E-state index contributed by atoms with van der Waals surface area (Å²) >= 11 is 0. The van der Waals surface area contributed by atoms with Gasteiger partial charge in [0.1, 0.15) is 18.2 Å². The highest BCUT2D eigenvalue weighted by Crippen LogP contribution is 2.13. The summed E-state index contributed by atoms with van der Waals surface area (Å²) in [5.41, 5.74) is -0.0163. The summed E-state index contributed by atoms with van der Waals surface area (Å²) in [6.07, 6.45) is 1.78. The molecule has 0 spiro atoms. The second-order valence-electron chi connectivity index (χ2n) is 5.59. The fraction of sp³-hybridized carbons (Fsp3) is 0.571. The minimum absolute atomic E-state index is 0.336. The molecule has 0 aliphatic rings. The number of nitrogens with one attached hydrogen (secondary N) is 1. The number of fused-ring (bicyclic) bond motifs is 1. The Balaban J connectivity index is 2.20. The molecule has 0 aliphatic heterocycles. The fourth-order valence-electron chi connectivity index (χ4n) is 2.73. The second-order valence-corrected chi connectivity index (χ2v) is 5.59. The zero-order chi connectivity index (χ0) is 17.3. The van der Waals surface area contributed by atoms with Gasteiger partial charge in [0.15, 0.2) is 11.2 Å². The SMILES string of the molecule is CCCCn1c(=O)[nH]c(=O)c2c1nc(Cn1nnnc1C)n2CC. The minimum atomic E-state index is -0.424. The van der Waals surface area contributed by atoms with E-state index in [-0.39, 0.29) is 0 Å². The Bertz CT molecular complexity index is 977. The number of tetrazole rings is 1. The molecule has 3 rings (SSSR count). The van der Waals surface area contributed by atoms with Crippen LogP contribution in [0.5, 0.6) is 0 Å². The fourth-order valence-corrected chi connectivity index (χ4v) is 2.73. The van der Waals surface area contributed by atoms with Gasteiger partial charge in [-0.2, -0.15) is 0 Å². The van der Waals surface area contributed by atoms with Gasteiger partial charge in [0.25, 0.3) is 5.56 Å². The van der Waals surface area contributed by atoms with E-state index < -0.39 is 11.2 Å². The molecule has 0 atom stereocenters. The zero-order valence-corrected chi connectivity index (χ0v) is 14.0. The van der Waals surface area contributed by atoms with Crippen molar-refractivity contribution in [3.05, 3.63) is 32.5 Å². The highest BCUT2D eigenvalue weighted by Gasteiger charge is 2.18. The number of aryl methyl sites for hydroxylation is 3. The van der Waals surface area contributed by atoms with Crippen LogP contribution >= 0.6 is 0 Å². The summed E-state index contributed by atoms with van der Waals surface area (Å²) in [6, 6.07) is 0. The predicted molar refractivity (Wildman–Crippen MR) is 86.9 cm³/mol. The third kappa shape index (κ3) is 2.63. The van der Waals surface area contributed by atoms with Crippen LogP contribution in [-0.2, 0) is 19.6 Å². The van der Waals surface area contributed by atoms with Crippen molar-refractivity contribution in [2.24, 2.45) is 0 Å². The third-order valence-electron chi connectivity index (χ3n) is 4.02. The number of H-pyrrole nitrogens is 1. The normalized spacial score (nSPS) is 11.5. The predicted octanol–water partition coefficient (Wildman–Crippen LogP) is 0.0495. The molecule has 0 radical (unpaired) electrons. The lowest BCUT2D eigenvalue weighted by molar-refractivity contribution is 0.582. The smallest absolute Gasteiger partial charge is 0.321 e. The number of hydrogen-bond donors (Lipinski definition) is 1. The molecular weight excluding hydrogens is 312 g/mol. The van der Waals surface area contributed by atoms with E-state index in [0.717, 1.165) is 12.8 Å². The summed E-state index contributed by atoms with van der Waals surface area (Å²) in [7, 11) is 0. The molecule has 0 bridgehead atoms. The van der Waals surface area contributed by atoms with Crippen molar-refractivity contribution in [3.8, 4) is 0 Å². The summed E-state index contributed by atoms with van der Waals surface area (Å²) in [5.74, 6) is 1.30. The maximum atomic E-state index is 12.3. The van der Waals surface area contributed by atoms with Gasteiger partial charge in [0, 0.05) is 13.1 Å². The molecule has 10 nitrogen and oxygen atoms in total. The van der Waals surface area contributed by atoms with Crippen molar-refractivity contribution in [1.29, 1.82) is 0 Å². The number of rotatable bonds is 6. The van der Waals surface area contributed by atoms with Crippen molar-refractivity contribution in [2.45, 2.75) is 53.2 Å². The lowest BCUT2D eigenvalue weighted by Gasteiger charge is -2.06. The van der Waals surface area contributed by atoms with Gasteiger partial charge >= 0.3 is 5.69 Å². The summed E-state index contributed by atoms with van der Waals surface area (Å²) < 4.78 is 4.94. The van der Waals surface area contributed by atoms with E-state index in [9.17, 15) is 9.59 Å². The Morgan fingerprint density at radius 2 is 1.96 bits per heavy atom. The van der Waals surface area contributed by atoms with Gasteiger partial charge in [-0.25, -0.2) is 14.5 Å². The number of hydrogen-bond acceptors (Lipinski definition) is 6. The van der Waals surface area contributed by atoms with Crippen LogP contribution in [-0.4, -0.2) is 39.3 Å². The average Bonchev–Trinajstić information content (AvgIpc) is 3.11. The summed E-state index contributed by atoms with van der Waals surface area (Å²) in [6.45, 7) is 7.18. The van der Waals surface area contributed by atoms with Crippen LogP contribution in [0.15, 0.2) is 9.59 Å². The Kier molecular flexibility index (Phi) is 4.28. The van der Waals surface area contributed by atoms with Crippen LogP contribution in [0, 0.1) is 6.92 Å². The molecule has 0 amide bonds. The average molecular weight is 332 g/mol. The first kappa shape index (κ1) is 16.1. The van der Waals surface area contributed by atoms with Gasteiger partial charge < -0.3 is 4.57 Å². The maximum absolute atomic E-state index is 12.3. The van der Waals surface area contributed by atoms with Gasteiger partial charge in [0.2, 0.25) is 0 Å². The molecule has 0 fully saturated rings. The molecule has 0 aliphatic carbocycles. The minimum Gasteiger partial charge on any atom is -0.321 e. The largest absolute Gasteiger partial charge is 0.330 e. The van der Waals surface area contributed by atoms with Crippen molar-refractivity contribution in [3.63, 3.8) is 0 Å². The Labute approximate surface area is 137 Å². The van der Waals surface area contributed by atoms with E-state index in [4.69, 9.17) is 0 Å². The van der Waals surface area contributed by atoms with Gasteiger partial charge in [-0.05, 0) is 30.7 Å². The van der Waals surface area contributed by atoms with Gasteiger partial charge in [0.05, 0.1) is 0 Å². The molecule has 1 N–H and O–H groups in total. The molecule has 0 saturated carbocycles. The molecule has 3 heterocycles. The summed E-state index contributed by atoms with van der Waals surface area (Å²) in [5, 5.41) is 11.4. The Hall–Kier alpha value is -2.78. The highest BCUT2D eigenvalue weighted by atomic mass is 16.2. The number of aromatic nitrogens is 8. The van der Waals surface area contributed by atoms with E-state index in [2.05, 4.69) is 25.5 Å². The molecule has 128 valence electrons. The Morgan fingerprint density at radius 1 is 1.17 bits per heavy atom. The van der Waals surface area contributed by atoms with Gasteiger partial charge in [-0.1, -0.05) is 13.3 Å². The summed E-state index contributed by atoms with van der Waals surface area (Å²) in [4.78, 5) is 31.4. The molecule has 3 aromatic heterocycles. The maximum Gasteiger partial charge on any atom is 0.330 e.